The van der Waals surface area contributed by atoms with Crippen molar-refractivity contribution in [2.45, 2.75) is 32.3 Å². The predicted octanol–water partition coefficient (Wildman–Crippen LogP) is 1.98. The second-order valence-electron chi connectivity index (χ2n) is 5.89. The minimum absolute atomic E-state index is 0.0678. The molecular weight excluding hydrogens is 266 g/mol. The second kappa shape index (κ2) is 7.77. The molecule has 5 heteroatoms. The topological polar surface area (TPSA) is 76.4 Å². The van der Waals surface area contributed by atoms with Crippen molar-refractivity contribution in [3.63, 3.8) is 0 Å². The summed E-state index contributed by atoms with van der Waals surface area (Å²) in [6.07, 6.45) is 1.13. The number of amides is 1. The Bertz CT molecular complexity index is 515. The number of likely N-dealkylation sites (N-methyl/N-ethyl adjacent to an activating group) is 1. The van der Waals surface area contributed by atoms with Crippen LogP contribution in [0.5, 0.6) is 0 Å². The summed E-state index contributed by atoms with van der Waals surface area (Å²) in [5.74, 6) is -0.0678. The molecule has 0 aliphatic heterocycles. The maximum atomic E-state index is 11.8. The highest BCUT2D eigenvalue weighted by atomic mass is 16.3. The molecule has 1 amide bonds. The molecule has 114 valence electrons. The van der Waals surface area contributed by atoms with Gasteiger partial charge in [-0.15, -0.1) is 0 Å². The molecule has 0 bridgehead atoms. The van der Waals surface area contributed by atoms with Crippen molar-refractivity contribution in [3.8, 4) is 6.07 Å². The first-order chi connectivity index (χ1) is 9.80. The first-order valence-corrected chi connectivity index (χ1v) is 7.01. The second-order valence-corrected chi connectivity index (χ2v) is 5.89. The molecule has 0 fully saturated rings. The lowest BCUT2D eigenvalue weighted by Gasteiger charge is -2.25. The van der Waals surface area contributed by atoms with Crippen LogP contribution in [0.25, 0.3) is 0 Å². The van der Waals surface area contributed by atoms with E-state index in [4.69, 9.17) is 5.26 Å². The summed E-state index contributed by atoms with van der Waals surface area (Å²) in [5, 5.41) is 21.3. The molecule has 0 unspecified atom stereocenters. The van der Waals surface area contributed by atoms with E-state index in [9.17, 15) is 9.90 Å². The average Bonchev–Trinajstić information content (AvgIpc) is 2.36. The highest BCUT2D eigenvalue weighted by molar-refractivity contribution is 5.90. The summed E-state index contributed by atoms with van der Waals surface area (Å²) in [5.41, 5.74) is 0.441. The van der Waals surface area contributed by atoms with Crippen molar-refractivity contribution >= 4 is 11.6 Å². The van der Waals surface area contributed by atoms with E-state index in [0.717, 1.165) is 13.0 Å². The van der Waals surface area contributed by atoms with E-state index >= 15 is 0 Å². The summed E-state index contributed by atoms with van der Waals surface area (Å²) in [6.45, 7) is 4.84. The molecule has 0 heterocycles. The summed E-state index contributed by atoms with van der Waals surface area (Å²) < 4.78 is 0. The fraction of sp³-hybridized carbons (Fsp3) is 0.500. The lowest BCUT2D eigenvalue weighted by atomic mass is 10.1. The number of carbonyl (C=O) groups excluding carboxylic acids is 1. The van der Waals surface area contributed by atoms with Gasteiger partial charge < -0.3 is 15.3 Å². The summed E-state index contributed by atoms with van der Waals surface area (Å²) in [7, 11) is 1.92. The summed E-state index contributed by atoms with van der Waals surface area (Å²) >= 11 is 0. The Balaban J connectivity index is 2.33. The van der Waals surface area contributed by atoms with Crippen molar-refractivity contribution in [2.75, 3.05) is 25.5 Å². The van der Waals surface area contributed by atoms with Crippen LogP contribution in [0.4, 0.5) is 5.69 Å². The zero-order valence-corrected chi connectivity index (χ0v) is 12.9. The minimum Gasteiger partial charge on any atom is -0.389 e. The van der Waals surface area contributed by atoms with Crippen LogP contribution in [0, 0.1) is 11.3 Å². The van der Waals surface area contributed by atoms with Gasteiger partial charge in [-0.2, -0.15) is 5.26 Å². The first kappa shape index (κ1) is 17.2. The predicted molar refractivity (Wildman–Crippen MR) is 82.8 cm³/mol. The number of carbonyl (C=O) groups is 1. The van der Waals surface area contributed by atoms with Crippen LogP contribution < -0.4 is 5.32 Å². The molecule has 1 aromatic rings. The van der Waals surface area contributed by atoms with Gasteiger partial charge >= 0.3 is 0 Å². The smallest absolute Gasteiger partial charge is 0.224 e. The molecule has 0 aliphatic rings. The maximum absolute atomic E-state index is 11.8. The number of rotatable bonds is 7. The van der Waals surface area contributed by atoms with Crippen molar-refractivity contribution in [1.82, 2.24) is 4.90 Å². The van der Waals surface area contributed by atoms with Crippen molar-refractivity contribution in [3.05, 3.63) is 29.8 Å². The van der Waals surface area contributed by atoms with Crippen LogP contribution in [-0.2, 0) is 4.79 Å². The van der Waals surface area contributed by atoms with Gasteiger partial charge in [0.25, 0.3) is 0 Å². The third kappa shape index (κ3) is 7.45. The molecule has 0 radical (unpaired) electrons. The van der Waals surface area contributed by atoms with Crippen molar-refractivity contribution in [1.29, 1.82) is 5.26 Å². The van der Waals surface area contributed by atoms with Crippen molar-refractivity contribution in [2.24, 2.45) is 0 Å². The number of aliphatic hydroxyl groups is 1. The van der Waals surface area contributed by atoms with Gasteiger partial charge in [-0.25, -0.2) is 0 Å². The lowest BCUT2D eigenvalue weighted by Crippen LogP contribution is -2.36. The van der Waals surface area contributed by atoms with E-state index in [-0.39, 0.29) is 5.91 Å². The minimum atomic E-state index is -0.727. The molecule has 1 rings (SSSR count). The summed E-state index contributed by atoms with van der Waals surface area (Å²) in [4.78, 5) is 13.8. The molecular formula is C16H23N3O2. The van der Waals surface area contributed by atoms with Crippen LogP contribution in [0.1, 0.15) is 32.3 Å². The molecule has 0 saturated carbocycles. The Morgan fingerprint density at radius 2 is 2.19 bits per heavy atom. The molecule has 2 N–H and O–H groups in total. The van der Waals surface area contributed by atoms with Gasteiger partial charge in [0.05, 0.1) is 17.2 Å². The molecule has 5 nitrogen and oxygen atoms in total. The zero-order chi connectivity index (χ0) is 15.9. The molecule has 21 heavy (non-hydrogen) atoms. The summed E-state index contributed by atoms with van der Waals surface area (Å²) in [6, 6.07) is 8.89. The van der Waals surface area contributed by atoms with Crippen molar-refractivity contribution < 1.29 is 9.90 Å². The van der Waals surface area contributed by atoms with Gasteiger partial charge in [-0.05, 0) is 52.1 Å². The normalized spacial score (nSPS) is 11.2. The Morgan fingerprint density at radius 3 is 2.81 bits per heavy atom. The SMILES string of the molecule is CN(CCCC(=O)Nc1cccc(C#N)c1)CC(C)(C)O. The van der Waals surface area contributed by atoms with Gasteiger partial charge in [0.2, 0.25) is 5.91 Å². The Hall–Kier alpha value is -1.90. The van der Waals surface area contributed by atoms with E-state index in [2.05, 4.69) is 5.32 Å². The van der Waals surface area contributed by atoms with Crippen LogP contribution in [0.15, 0.2) is 24.3 Å². The van der Waals surface area contributed by atoms with Gasteiger partial charge in [-0.3, -0.25) is 4.79 Å². The average molecular weight is 289 g/mol. The van der Waals surface area contributed by atoms with Gasteiger partial charge in [0.1, 0.15) is 0 Å². The number of anilines is 1. The van der Waals surface area contributed by atoms with E-state index < -0.39 is 5.60 Å². The Morgan fingerprint density at radius 1 is 1.48 bits per heavy atom. The first-order valence-electron chi connectivity index (χ1n) is 7.01. The molecule has 0 aliphatic carbocycles. The van der Waals surface area contributed by atoms with Gasteiger partial charge in [0, 0.05) is 18.7 Å². The molecule has 0 aromatic heterocycles. The van der Waals surface area contributed by atoms with E-state index in [1.807, 2.05) is 18.0 Å². The van der Waals surface area contributed by atoms with E-state index in [1.165, 1.54) is 0 Å². The number of hydrogen-bond acceptors (Lipinski definition) is 4. The highest BCUT2D eigenvalue weighted by Crippen LogP contribution is 2.10. The van der Waals surface area contributed by atoms with Crippen LogP contribution >= 0.6 is 0 Å². The quantitative estimate of drug-likeness (QED) is 0.804. The van der Waals surface area contributed by atoms with Crippen LogP contribution in [0.2, 0.25) is 0 Å². The number of hydrogen-bond donors (Lipinski definition) is 2. The van der Waals surface area contributed by atoms with E-state index in [1.54, 1.807) is 38.1 Å². The molecule has 1 aromatic carbocycles. The Kier molecular flexibility index (Phi) is 6.35. The largest absolute Gasteiger partial charge is 0.389 e. The van der Waals surface area contributed by atoms with E-state index in [0.29, 0.717) is 24.2 Å². The maximum Gasteiger partial charge on any atom is 0.224 e. The number of benzene rings is 1. The lowest BCUT2D eigenvalue weighted by molar-refractivity contribution is -0.116. The third-order valence-corrected chi connectivity index (χ3v) is 2.88. The number of nitrogens with one attached hydrogen (secondary N) is 1. The molecule has 0 saturated heterocycles. The Labute approximate surface area is 126 Å². The molecule has 0 atom stereocenters. The number of nitriles is 1. The van der Waals surface area contributed by atoms with Crippen LogP contribution in [0.3, 0.4) is 0 Å². The number of nitrogens with zero attached hydrogens (tertiary/aromatic N) is 2. The molecule has 0 spiro atoms. The van der Waals surface area contributed by atoms with Gasteiger partial charge in [-0.1, -0.05) is 6.07 Å². The standard InChI is InChI=1S/C16H23N3O2/c1-16(2,21)12-19(3)9-5-8-15(20)18-14-7-4-6-13(10-14)11-17/h4,6-7,10,21H,5,8-9,12H2,1-3H3,(H,18,20). The van der Waals surface area contributed by atoms with Crippen LogP contribution in [-0.4, -0.2) is 41.7 Å². The fourth-order valence-electron chi connectivity index (χ4n) is 2.14. The fourth-order valence-corrected chi connectivity index (χ4v) is 2.14. The monoisotopic (exact) mass is 289 g/mol. The third-order valence-electron chi connectivity index (χ3n) is 2.88. The highest BCUT2D eigenvalue weighted by Gasteiger charge is 2.15. The zero-order valence-electron chi connectivity index (χ0n) is 12.9. The van der Waals surface area contributed by atoms with Gasteiger partial charge in [0.15, 0.2) is 0 Å².